The number of hydrogen-bond donors (Lipinski definition) is 1. The van der Waals surface area contributed by atoms with Gasteiger partial charge in [0.2, 0.25) is 5.91 Å². The predicted octanol–water partition coefficient (Wildman–Crippen LogP) is 2.43. The molecular weight excluding hydrogens is 377 g/mol. The van der Waals surface area contributed by atoms with Crippen LogP contribution in [-0.2, 0) is 19.1 Å². The van der Waals surface area contributed by atoms with Crippen molar-refractivity contribution in [1.29, 1.82) is 0 Å². The van der Waals surface area contributed by atoms with Gasteiger partial charge in [0.15, 0.2) is 6.61 Å². The SMILES string of the molecule is CN(C)c1ccc(NC(=O)COC(=O)[C@@H]2CC(=O)N(c3ccccc3F)C2)cc1. The quantitative estimate of drug-likeness (QED) is 0.755. The van der Waals surface area contributed by atoms with Crippen molar-refractivity contribution in [3.8, 4) is 0 Å². The van der Waals surface area contributed by atoms with E-state index in [9.17, 15) is 18.8 Å². The van der Waals surface area contributed by atoms with Crippen molar-refractivity contribution in [3.05, 3.63) is 54.3 Å². The molecule has 0 unspecified atom stereocenters. The number of esters is 1. The molecule has 0 bridgehead atoms. The Bertz CT molecular complexity index is 914. The average molecular weight is 399 g/mol. The molecule has 0 saturated carbocycles. The van der Waals surface area contributed by atoms with Crippen LogP contribution in [0.5, 0.6) is 0 Å². The van der Waals surface area contributed by atoms with Crippen molar-refractivity contribution in [2.75, 3.05) is 42.4 Å². The molecule has 1 atom stereocenters. The highest BCUT2D eigenvalue weighted by Gasteiger charge is 2.37. The first-order valence-electron chi connectivity index (χ1n) is 9.14. The van der Waals surface area contributed by atoms with Crippen LogP contribution in [0.3, 0.4) is 0 Å². The minimum atomic E-state index is -0.741. The maximum atomic E-state index is 13.9. The normalized spacial score (nSPS) is 15.9. The molecule has 1 N–H and O–H groups in total. The molecule has 8 heteroatoms. The highest BCUT2D eigenvalue weighted by molar-refractivity contribution is 6.00. The van der Waals surface area contributed by atoms with E-state index in [0.29, 0.717) is 5.69 Å². The number of carbonyl (C=O) groups excluding carboxylic acids is 3. The zero-order valence-corrected chi connectivity index (χ0v) is 16.2. The molecule has 2 amide bonds. The molecule has 1 saturated heterocycles. The molecule has 1 heterocycles. The van der Waals surface area contributed by atoms with Crippen molar-refractivity contribution in [2.24, 2.45) is 5.92 Å². The molecule has 2 aromatic carbocycles. The molecule has 7 nitrogen and oxygen atoms in total. The second-order valence-electron chi connectivity index (χ2n) is 6.95. The molecular formula is C21H22FN3O4. The Morgan fingerprint density at radius 3 is 2.52 bits per heavy atom. The van der Waals surface area contributed by atoms with Crippen molar-refractivity contribution in [1.82, 2.24) is 0 Å². The summed E-state index contributed by atoms with van der Waals surface area (Å²) < 4.78 is 19.0. The lowest BCUT2D eigenvalue weighted by Crippen LogP contribution is -2.28. The third-order valence-corrected chi connectivity index (χ3v) is 4.61. The molecule has 3 rings (SSSR count). The number of benzene rings is 2. The first-order valence-corrected chi connectivity index (χ1v) is 9.14. The first kappa shape index (κ1) is 20.3. The Morgan fingerprint density at radius 1 is 1.17 bits per heavy atom. The van der Waals surface area contributed by atoms with Crippen molar-refractivity contribution in [3.63, 3.8) is 0 Å². The maximum Gasteiger partial charge on any atom is 0.311 e. The molecule has 2 aromatic rings. The summed E-state index contributed by atoms with van der Waals surface area (Å²) in [5.74, 6) is -2.77. The van der Waals surface area contributed by atoms with E-state index in [-0.39, 0.29) is 24.6 Å². The molecule has 0 radical (unpaired) electrons. The van der Waals surface area contributed by atoms with Crippen molar-refractivity contribution >= 4 is 34.8 Å². The Hall–Kier alpha value is -3.42. The summed E-state index contributed by atoms with van der Waals surface area (Å²) in [6.07, 6.45) is -0.0826. The van der Waals surface area contributed by atoms with Gasteiger partial charge in [-0.3, -0.25) is 14.4 Å². The summed E-state index contributed by atoms with van der Waals surface area (Å²) in [6.45, 7) is -0.440. The van der Waals surface area contributed by atoms with Crippen molar-refractivity contribution < 1.29 is 23.5 Å². The Balaban J connectivity index is 1.51. The minimum Gasteiger partial charge on any atom is -0.455 e. The summed E-state index contributed by atoms with van der Waals surface area (Å²) >= 11 is 0. The number of para-hydroxylation sites is 1. The van der Waals surface area contributed by atoms with Crippen LogP contribution in [0.2, 0.25) is 0 Å². The van der Waals surface area contributed by atoms with E-state index in [0.717, 1.165) is 5.69 Å². The smallest absolute Gasteiger partial charge is 0.311 e. The van der Waals surface area contributed by atoms with E-state index in [1.54, 1.807) is 18.2 Å². The number of anilines is 3. The van der Waals surface area contributed by atoms with Gasteiger partial charge >= 0.3 is 5.97 Å². The summed E-state index contributed by atoms with van der Waals surface area (Å²) in [4.78, 5) is 39.6. The summed E-state index contributed by atoms with van der Waals surface area (Å²) in [6, 6.07) is 13.1. The van der Waals surface area contributed by atoms with Gasteiger partial charge in [-0.25, -0.2) is 4.39 Å². The number of hydrogen-bond acceptors (Lipinski definition) is 5. The summed E-state index contributed by atoms with van der Waals surface area (Å²) in [5, 5.41) is 2.64. The van der Waals surface area contributed by atoms with Crippen LogP contribution in [0.1, 0.15) is 6.42 Å². The van der Waals surface area contributed by atoms with E-state index in [1.807, 2.05) is 31.1 Å². The highest BCUT2D eigenvalue weighted by atomic mass is 19.1. The van der Waals surface area contributed by atoms with E-state index >= 15 is 0 Å². The fourth-order valence-corrected chi connectivity index (χ4v) is 3.06. The molecule has 0 aliphatic carbocycles. The molecule has 1 aliphatic heterocycles. The Morgan fingerprint density at radius 2 is 1.86 bits per heavy atom. The van der Waals surface area contributed by atoms with Crippen LogP contribution in [0, 0.1) is 11.7 Å². The van der Waals surface area contributed by atoms with Gasteiger partial charge in [0.1, 0.15) is 5.82 Å². The number of nitrogens with one attached hydrogen (secondary N) is 1. The third-order valence-electron chi connectivity index (χ3n) is 4.61. The van der Waals surface area contributed by atoms with Gasteiger partial charge < -0.3 is 19.9 Å². The zero-order valence-electron chi connectivity index (χ0n) is 16.2. The number of rotatable bonds is 6. The number of amides is 2. The minimum absolute atomic E-state index is 0.0201. The Kier molecular flexibility index (Phi) is 6.11. The highest BCUT2D eigenvalue weighted by Crippen LogP contribution is 2.27. The van der Waals surface area contributed by atoms with Crippen LogP contribution in [0.25, 0.3) is 0 Å². The van der Waals surface area contributed by atoms with Gasteiger partial charge in [-0.2, -0.15) is 0 Å². The molecule has 1 aliphatic rings. The lowest BCUT2D eigenvalue weighted by atomic mass is 10.1. The van der Waals surface area contributed by atoms with Gasteiger partial charge in [0.25, 0.3) is 5.91 Å². The maximum absolute atomic E-state index is 13.9. The topological polar surface area (TPSA) is 79.0 Å². The van der Waals surface area contributed by atoms with Gasteiger partial charge in [-0.1, -0.05) is 12.1 Å². The van der Waals surface area contributed by atoms with Crippen molar-refractivity contribution in [2.45, 2.75) is 6.42 Å². The molecule has 1 fully saturated rings. The number of ether oxygens (including phenoxy) is 1. The fraction of sp³-hybridized carbons (Fsp3) is 0.286. The first-order chi connectivity index (χ1) is 13.8. The largest absolute Gasteiger partial charge is 0.455 e. The predicted molar refractivity (Wildman–Crippen MR) is 107 cm³/mol. The fourth-order valence-electron chi connectivity index (χ4n) is 3.06. The Labute approximate surface area is 168 Å². The van der Waals surface area contributed by atoms with Crippen LogP contribution in [0.4, 0.5) is 21.5 Å². The molecule has 29 heavy (non-hydrogen) atoms. The zero-order chi connectivity index (χ0) is 21.0. The van der Waals surface area contributed by atoms with Gasteiger partial charge in [-0.15, -0.1) is 0 Å². The van der Waals surface area contributed by atoms with E-state index < -0.39 is 30.2 Å². The van der Waals surface area contributed by atoms with Gasteiger partial charge in [0, 0.05) is 38.4 Å². The molecule has 0 aromatic heterocycles. The second-order valence-corrected chi connectivity index (χ2v) is 6.95. The number of halogens is 1. The summed E-state index contributed by atoms with van der Waals surface area (Å²) in [5.41, 5.74) is 1.70. The van der Waals surface area contributed by atoms with E-state index in [2.05, 4.69) is 5.32 Å². The van der Waals surface area contributed by atoms with Crippen LogP contribution in [-0.4, -0.2) is 45.0 Å². The number of nitrogens with zero attached hydrogens (tertiary/aromatic N) is 2. The number of carbonyl (C=O) groups is 3. The lowest BCUT2D eigenvalue weighted by Gasteiger charge is -2.17. The van der Waals surface area contributed by atoms with Crippen LogP contribution in [0.15, 0.2) is 48.5 Å². The monoisotopic (exact) mass is 399 g/mol. The van der Waals surface area contributed by atoms with Crippen LogP contribution >= 0.6 is 0 Å². The van der Waals surface area contributed by atoms with Gasteiger partial charge in [0.05, 0.1) is 11.6 Å². The standard InChI is InChI=1S/C21H22FN3O4/c1-24(2)16-9-7-15(8-10-16)23-19(26)13-29-21(28)14-11-20(27)25(12-14)18-6-4-3-5-17(18)22/h3-10,14H,11-13H2,1-2H3,(H,23,26)/t14-/m1/s1. The summed E-state index contributed by atoms with van der Waals surface area (Å²) in [7, 11) is 3.82. The molecule has 0 spiro atoms. The second kappa shape index (κ2) is 8.72. The van der Waals surface area contributed by atoms with E-state index in [4.69, 9.17) is 4.74 Å². The van der Waals surface area contributed by atoms with Crippen LogP contribution < -0.4 is 15.1 Å². The lowest BCUT2D eigenvalue weighted by molar-refractivity contribution is -0.151. The van der Waals surface area contributed by atoms with Gasteiger partial charge in [-0.05, 0) is 36.4 Å². The average Bonchev–Trinajstić information content (AvgIpc) is 3.08. The molecule has 152 valence electrons. The van der Waals surface area contributed by atoms with E-state index in [1.165, 1.54) is 23.1 Å². The third kappa shape index (κ3) is 4.90.